The van der Waals surface area contributed by atoms with Gasteiger partial charge in [0.05, 0.1) is 30.5 Å². The molecule has 0 saturated carbocycles. The molecule has 0 aliphatic heterocycles. The molecule has 305 valence electrons. The molecule has 3 heterocycles. The van der Waals surface area contributed by atoms with Crippen LogP contribution in [-0.2, 0) is 20.1 Å². The normalized spacial score (nSPS) is 11.7. The second-order valence-electron chi connectivity index (χ2n) is 17.5. The van der Waals surface area contributed by atoms with Crippen LogP contribution in [0.4, 0.5) is 0 Å². The predicted molar refractivity (Wildman–Crippen MR) is 252 cm³/mol. The first kappa shape index (κ1) is 42.7. The van der Waals surface area contributed by atoms with Crippen molar-refractivity contribution in [1.82, 2.24) is 14.5 Å². The first-order chi connectivity index (χ1) is 28.4. The SMILES string of the molecule is CC(C)c1ccc(-c2cc(-c3[c-]cccc3)ncc2[Si](C)(C)C)cc1.CC(C)c1cccc(C(C)C)c1-n1c(-c2[c-]ccc3c2oc2ccccc23)nc2ccccc21.[Ir]. The molecule has 0 unspecified atom stereocenters. The Balaban J connectivity index is 0.000000187. The van der Waals surface area contributed by atoms with Crippen LogP contribution in [0.15, 0.2) is 144 Å². The Morgan fingerprint density at radius 3 is 2.00 bits per heavy atom. The molecule has 0 N–H and O–H groups in total. The molecule has 1 radical (unpaired) electrons. The average Bonchev–Trinajstić information content (AvgIpc) is 3.82. The molecule has 9 aromatic rings. The van der Waals surface area contributed by atoms with Crippen LogP contribution < -0.4 is 5.19 Å². The number of rotatable bonds is 8. The Bertz CT molecular complexity index is 2870. The summed E-state index contributed by atoms with van der Waals surface area (Å²) in [6.07, 6.45) is 2.09. The molecule has 6 heteroatoms. The first-order valence-corrected chi connectivity index (χ1v) is 24.4. The summed E-state index contributed by atoms with van der Waals surface area (Å²) in [5.74, 6) is 2.15. The zero-order valence-electron chi connectivity index (χ0n) is 36.1. The molecule has 4 nitrogen and oxygen atoms in total. The quantitative estimate of drug-likeness (QED) is 0.113. The number of furan rings is 1. The summed E-state index contributed by atoms with van der Waals surface area (Å²) >= 11 is 0. The van der Waals surface area contributed by atoms with E-state index in [0.29, 0.717) is 17.8 Å². The van der Waals surface area contributed by atoms with Gasteiger partial charge in [-0.25, -0.2) is 0 Å². The molecule has 0 amide bonds. The van der Waals surface area contributed by atoms with Crippen LogP contribution >= 0.6 is 0 Å². The van der Waals surface area contributed by atoms with Gasteiger partial charge in [0.2, 0.25) is 0 Å². The standard InChI is InChI=1S/C31H27N2O.C23H26NSi.Ir/c1-19(2)21-12-9-13-22(20(3)4)29(21)33-27-17-7-6-16-26(27)32-31(33)25-15-10-14-24-23-11-5-8-18-28(23)34-30(24)25;1-17(2)18-11-13-19(14-12-18)21-15-22(20-9-7-6-8-10-20)24-16-23(21)25(3,4)5;/h5-14,16-20H,1-4H3;6-9,11-17H,1-5H3;/q2*-1;. The number of pyridine rings is 1. The molecule has 9 rings (SSSR count). The van der Waals surface area contributed by atoms with E-state index in [1.807, 2.05) is 42.5 Å². The van der Waals surface area contributed by atoms with Crippen molar-refractivity contribution in [2.45, 2.75) is 78.9 Å². The van der Waals surface area contributed by atoms with Gasteiger partial charge in [-0.2, -0.15) is 0 Å². The summed E-state index contributed by atoms with van der Waals surface area (Å²) in [6.45, 7) is 20.6. The Morgan fingerprint density at radius 1 is 0.650 bits per heavy atom. The predicted octanol–water partition coefficient (Wildman–Crippen LogP) is 14.5. The molecule has 3 aromatic heterocycles. The second-order valence-corrected chi connectivity index (χ2v) is 22.5. The van der Waals surface area contributed by atoms with Crippen molar-refractivity contribution in [3.8, 4) is 39.5 Å². The van der Waals surface area contributed by atoms with Crippen molar-refractivity contribution in [3.05, 3.63) is 168 Å². The number of hydrogen-bond donors (Lipinski definition) is 0. The van der Waals surface area contributed by atoms with Crippen LogP contribution in [0, 0.1) is 12.1 Å². The van der Waals surface area contributed by atoms with Gasteiger partial charge in [0.15, 0.2) is 0 Å². The summed E-state index contributed by atoms with van der Waals surface area (Å²) in [4.78, 5) is 9.90. The first-order valence-electron chi connectivity index (χ1n) is 20.9. The van der Waals surface area contributed by atoms with Crippen LogP contribution in [0.1, 0.15) is 76.0 Å². The third-order valence-electron chi connectivity index (χ3n) is 11.3. The molecular weight excluding hydrogens is 927 g/mol. The van der Waals surface area contributed by atoms with Crippen LogP contribution in [0.25, 0.3) is 72.4 Å². The van der Waals surface area contributed by atoms with Gasteiger partial charge >= 0.3 is 0 Å². The zero-order valence-corrected chi connectivity index (χ0v) is 39.5. The number of imidazole rings is 1. The summed E-state index contributed by atoms with van der Waals surface area (Å²) in [5, 5.41) is 3.61. The summed E-state index contributed by atoms with van der Waals surface area (Å²) in [5.41, 5.74) is 14.5. The Kier molecular flexibility index (Phi) is 12.6. The average molecular weight is 980 g/mol. The van der Waals surface area contributed by atoms with E-state index in [0.717, 1.165) is 55.6 Å². The van der Waals surface area contributed by atoms with Crippen LogP contribution in [0.2, 0.25) is 19.6 Å². The van der Waals surface area contributed by atoms with Crippen molar-refractivity contribution < 1.29 is 24.5 Å². The Hall–Kier alpha value is -5.39. The van der Waals surface area contributed by atoms with E-state index in [-0.39, 0.29) is 20.1 Å². The van der Waals surface area contributed by atoms with E-state index < -0.39 is 8.07 Å². The molecule has 0 saturated heterocycles. The third-order valence-corrected chi connectivity index (χ3v) is 13.3. The molecular formula is C54H53IrN3OSi-2. The summed E-state index contributed by atoms with van der Waals surface area (Å²) < 4.78 is 8.73. The van der Waals surface area contributed by atoms with E-state index in [1.54, 1.807) is 0 Å². The molecule has 0 atom stereocenters. The van der Waals surface area contributed by atoms with Gasteiger partial charge in [-0.3, -0.25) is 4.98 Å². The number of nitrogens with zero attached hydrogens (tertiary/aromatic N) is 3. The van der Waals surface area contributed by atoms with Gasteiger partial charge in [-0.15, -0.1) is 54.1 Å². The minimum absolute atomic E-state index is 0. The minimum atomic E-state index is -1.49. The number of hydrogen-bond acceptors (Lipinski definition) is 3. The summed E-state index contributed by atoms with van der Waals surface area (Å²) in [7, 11) is -1.49. The number of benzene rings is 6. The maximum atomic E-state index is 6.40. The fourth-order valence-electron chi connectivity index (χ4n) is 8.09. The van der Waals surface area contributed by atoms with E-state index in [4.69, 9.17) is 14.4 Å². The molecule has 60 heavy (non-hydrogen) atoms. The molecule has 0 aliphatic carbocycles. The Labute approximate surface area is 370 Å². The van der Waals surface area contributed by atoms with Crippen molar-refractivity contribution in [3.63, 3.8) is 0 Å². The number of fused-ring (bicyclic) bond motifs is 4. The van der Waals surface area contributed by atoms with E-state index in [1.165, 1.54) is 38.7 Å². The van der Waals surface area contributed by atoms with E-state index in [2.05, 4.69) is 175 Å². The third kappa shape index (κ3) is 8.34. The summed E-state index contributed by atoms with van der Waals surface area (Å²) in [6, 6.07) is 53.4. The van der Waals surface area contributed by atoms with Crippen LogP contribution in [-0.4, -0.2) is 22.6 Å². The zero-order chi connectivity index (χ0) is 41.4. The van der Waals surface area contributed by atoms with Crippen molar-refractivity contribution in [2.24, 2.45) is 0 Å². The number of aromatic nitrogens is 3. The van der Waals surface area contributed by atoms with Crippen LogP contribution in [0.3, 0.4) is 0 Å². The molecule has 6 aromatic carbocycles. The van der Waals surface area contributed by atoms with Gasteiger partial charge < -0.3 is 14.0 Å². The molecule has 0 spiro atoms. The van der Waals surface area contributed by atoms with Gasteiger partial charge in [0.25, 0.3) is 0 Å². The fourth-order valence-corrected chi connectivity index (χ4v) is 9.56. The number of para-hydroxylation sites is 4. The van der Waals surface area contributed by atoms with Gasteiger partial charge in [0.1, 0.15) is 5.58 Å². The maximum Gasteiger partial charge on any atom is 0.120 e. The Morgan fingerprint density at radius 2 is 1.33 bits per heavy atom. The molecule has 0 fully saturated rings. The topological polar surface area (TPSA) is 43.9 Å². The smallest absolute Gasteiger partial charge is 0.120 e. The maximum absolute atomic E-state index is 6.40. The van der Waals surface area contributed by atoms with Gasteiger partial charge in [-0.05, 0) is 74.7 Å². The molecule has 0 bridgehead atoms. The largest absolute Gasteiger partial charge is 0.501 e. The molecule has 0 aliphatic rings. The fraction of sp³-hybridized carbons (Fsp3) is 0.222. The second kappa shape index (κ2) is 17.7. The van der Waals surface area contributed by atoms with Gasteiger partial charge in [0, 0.05) is 37.4 Å². The minimum Gasteiger partial charge on any atom is -0.501 e. The monoisotopic (exact) mass is 980 g/mol. The van der Waals surface area contributed by atoms with Gasteiger partial charge in [-0.1, -0.05) is 151 Å². The van der Waals surface area contributed by atoms with E-state index >= 15 is 0 Å². The van der Waals surface area contributed by atoms with Crippen molar-refractivity contribution >= 4 is 46.2 Å². The van der Waals surface area contributed by atoms with Crippen molar-refractivity contribution in [1.29, 1.82) is 0 Å². The van der Waals surface area contributed by atoms with Crippen molar-refractivity contribution in [2.75, 3.05) is 0 Å². The van der Waals surface area contributed by atoms with Crippen LogP contribution in [0.5, 0.6) is 0 Å². The van der Waals surface area contributed by atoms with E-state index in [9.17, 15) is 0 Å².